The van der Waals surface area contributed by atoms with Crippen LogP contribution in [0.1, 0.15) is 38.9 Å². The molecule has 1 unspecified atom stereocenters. The molecule has 2 heterocycles. The van der Waals surface area contributed by atoms with Crippen LogP contribution >= 0.6 is 0 Å². The molecule has 2 N–H and O–H groups in total. The maximum Gasteiger partial charge on any atom is 0.408 e. The molecule has 104 valence electrons. The molecule has 0 bridgehead atoms. The van der Waals surface area contributed by atoms with Crippen molar-refractivity contribution >= 4 is 6.09 Å². The van der Waals surface area contributed by atoms with E-state index in [-0.39, 0.29) is 6.04 Å². The molecule has 0 aliphatic carbocycles. The van der Waals surface area contributed by atoms with Crippen molar-refractivity contribution in [3.8, 4) is 0 Å². The van der Waals surface area contributed by atoms with Crippen LogP contribution < -0.4 is 16.6 Å². The van der Waals surface area contributed by atoms with E-state index < -0.39 is 22.9 Å². The highest BCUT2D eigenvalue weighted by molar-refractivity contribution is 5.68. The van der Waals surface area contributed by atoms with Crippen LogP contribution in [0.2, 0.25) is 0 Å². The molecule has 1 atom stereocenters. The van der Waals surface area contributed by atoms with E-state index in [9.17, 15) is 14.4 Å². The van der Waals surface area contributed by atoms with Crippen molar-refractivity contribution in [2.75, 3.05) is 0 Å². The maximum absolute atomic E-state index is 11.7. The zero-order chi connectivity index (χ0) is 14.2. The van der Waals surface area contributed by atoms with E-state index in [2.05, 4.69) is 10.3 Å². The third-order valence-corrected chi connectivity index (χ3v) is 2.76. The van der Waals surface area contributed by atoms with Gasteiger partial charge in [0.1, 0.15) is 5.60 Å². The van der Waals surface area contributed by atoms with Crippen LogP contribution in [0.3, 0.4) is 0 Å². The molecule has 0 aromatic carbocycles. The Labute approximate surface area is 109 Å². The second-order valence-corrected chi connectivity index (χ2v) is 5.50. The molecule has 2 rings (SSSR count). The third kappa shape index (κ3) is 3.04. The standard InChI is InChI=1S/C12H17N3O4/c1-12(2,3)19-11(18)13-7-4-5-15-8(7)6-9(16)14-10(15)17/h6-7H,4-5H2,1-3H3,(H,13,18)(H,14,16,17). The normalized spacial score (nSPS) is 17.9. The molecule has 19 heavy (non-hydrogen) atoms. The van der Waals surface area contributed by atoms with Gasteiger partial charge in [0, 0.05) is 12.6 Å². The van der Waals surface area contributed by atoms with Crippen molar-refractivity contribution in [1.29, 1.82) is 0 Å². The number of aromatic amines is 1. The summed E-state index contributed by atoms with van der Waals surface area (Å²) in [4.78, 5) is 36.7. The van der Waals surface area contributed by atoms with Gasteiger partial charge in [-0.15, -0.1) is 0 Å². The Morgan fingerprint density at radius 1 is 1.47 bits per heavy atom. The summed E-state index contributed by atoms with van der Waals surface area (Å²) in [6, 6.07) is 0.959. The molecule has 7 nitrogen and oxygen atoms in total. The smallest absolute Gasteiger partial charge is 0.408 e. The number of hydrogen-bond donors (Lipinski definition) is 2. The van der Waals surface area contributed by atoms with Gasteiger partial charge in [0.25, 0.3) is 5.56 Å². The second-order valence-electron chi connectivity index (χ2n) is 5.50. The highest BCUT2D eigenvalue weighted by atomic mass is 16.6. The van der Waals surface area contributed by atoms with Crippen molar-refractivity contribution in [1.82, 2.24) is 14.9 Å². The number of hydrogen-bond acceptors (Lipinski definition) is 4. The Morgan fingerprint density at radius 2 is 2.16 bits per heavy atom. The van der Waals surface area contributed by atoms with Gasteiger partial charge in [-0.25, -0.2) is 9.59 Å². The zero-order valence-electron chi connectivity index (χ0n) is 11.1. The number of nitrogens with zero attached hydrogens (tertiary/aromatic N) is 1. The summed E-state index contributed by atoms with van der Waals surface area (Å²) in [6.07, 6.45) is 0.00451. The van der Waals surface area contributed by atoms with Gasteiger partial charge in [0.15, 0.2) is 0 Å². The minimum absolute atomic E-state index is 0.371. The molecule has 0 spiro atoms. The number of carbonyl (C=O) groups excluding carboxylic acids is 1. The summed E-state index contributed by atoms with van der Waals surface area (Å²) in [5.41, 5.74) is -0.985. The number of carbonyl (C=O) groups is 1. The number of ether oxygens (including phenoxy) is 1. The van der Waals surface area contributed by atoms with Crippen molar-refractivity contribution in [2.45, 2.75) is 45.4 Å². The first-order valence-electron chi connectivity index (χ1n) is 6.10. The fourth-order valence-corrected chi connectivity index (χ4v) is 2.06. The van der Waals surface area contributed by atoms with Gasteiger partial charge in [-0.3, -0.25) is 14.3 Å². The summed E-state index contributed by atoms with van der Waals surface area (Å²) < 4.78 is 6.60. The highest BCUT2D eigenvalue weighted by Gasteiger charge is 2.27. The largest absolute Gasteiger partial charge is 0.444 e. The predicted molar refractivity (Wildman–Crippen MR) is 68.1 cm³/mol. The lowest BCUT2D eigenvalue weighted by Gasteiger charge is -2.21. The number of alkyl carbamates (subject to hydrolysis) is 1. The van der Waals surface area contributed by atoms with Gasteiger partial charge in [0.2, 0.25) is 0 Å². The number of rotatable bonds is 1. The Kier molecular flexibility index (Phi) is 3.21. The average molecular weight is 267 g/mol. The summed E-state index contributed by atoms with van der Waals surface area (Å²) >= 11 is 0. The Morgan fingerprint density at radius 3 is 2.79 bits per heavy atom. The van der Waals surface area contributed by atoms with E-state index in [0.29, 0.717) is 18.7 Å². The molecular weight excluding hydrogens is 250 g/mol. The van der Waals surface area contributed by atoms with E-state index in [1.807, 2.05) is 0 Å². The fourth-order valence-electron chi connectivity index (χ4n) is 2.06. The first-order chi connectivity index (χ1) is 8.76. The van der Waals surface area contributed by atoms with Crippen molar-refractivity contribution in [3.63, 3.8) is 0 Å². The van der Waals surface area contributed by atoms with E-state index in [1.165, 1.54) is 10.6 Å². The first-order valence-corrected chi connectivity index (χ1v) is 6.10. The predicted octanol–water partition coefficient (Wildman–Crippen LogP) is 0.506. The molecule has 1 amide bonds. The van der Waals surface area contributed by atoms with Crippen molar-refractivity contribution in [3.05, 3.63) is 32.6 Å². The number of fused-ring (bicyclic) bond motifs is 1. The molecule has 0 saturated carbocycles. The van der Waals surface area contributed by atoms with E-state index in [0.717, 1.165) is 0 Å². The molecule has 1 aliphatic heterocycles. The molecule has 0 saturated heterocycles. The van der Waals surface area contributed by atoms with Gasteiger partial charge in [-0.2, -0.15) is 0 Å². The molecule has 0 fully saturated rings. The fraction of sp³-hybridized carbons (Fsp3) is 0.583. The number of amides is 1. The lowest BCUT2D eigenvalue weighted by Crippen LogP contribution is -2.36. The summed E-state index contributed by atoms with van der Waals surface area (Å²) in [5.74, 6) is 0. The second kappa shape index (κ2) is 4.56. The van der Waals surface area contributed by atoms with E-state index >= 15 is 0 Å². The van der Waals surface area contributed by atoms with Gasteiger partial charge >= 0.3 is 11.8 Å². The Balaban J connectivity index is 2.17. The van der Waals surface area contributed by atoms with E-state index in [1.54, 1.807) is 20.8 Å². The van der Waals surface area contributed by atoms with Crippen LogP contribution in [-0.2, 0) is 11.3 Å². The third-order valence-electron chi connectivity index (χ3n) is 2.76. The van der Waals surface area contributed by atoms with Crippen LogP contribution in [0, 0.1) is 0 Å². The average Bonchev–Trinajstić information content (AvgIpc) is 2.58. The number of aromatic nitrogens is 2. The molecule has 1 aromatic rings. The van der Waals surface area contributed by atoms with E-state index in [4.69, 9.17) is 4.74 Å². The van der Waals surface area contributed by atoms with Gasteiger partial charge in [-0.05, 0) is 27.2 Å². The van der Waals surface area contributed by atoms with Crippen molar-refractivity contribution in [2.24, 2.45) is 0 Å². The molecule has 1 aromatic heterocycles. The molecule has 7 heteroatoms. The van der Waals surface area contributed by atoms with Crippen LogP contribution in [0.5, 0.6) is 0 Å². The lowest BCUT2D eigenvalue weighted by molar-refractivity contribution is 0.0503. The number of H-pyrrole nitrogens is 1. The van der Waals surface area contributed by atoms with Crippen LogP contribution in [-0.4, -0.2) is 21.2 Å². The first kappa shape index (κ1) is 13.4. The van der Waals surface area contributed by atoms with Crippen LogP contribution in [0.25, 0.3) is 0 Å². The SMILES string of the molecule is CC(C)(C)OC(=O)NC1CCn2c1cc(=O)[nH]c2=O. The summed E-state index contributed by atoms with van der Waals surface area (Å²) in [6.45, 7) is 5.77. The van der Waals surface area contributed by atoms with Gasteiger partial charge in [0.05, 0.1) is 11.7 Å². The van der Waals surface area contributed by atoms with Crippen molar-refractivity contribution < 1.29 is 9.53 Å². The lowest BCUT2D eigenvalue weighted by atomic mass is 10.2. The van der Waals surface area contributed by atoms with Gasteiger partial charge < -0.3 is 10.1 Å². The summed E-state index contributed by atoms with van der Waals surface area (Å²) in [7, 11) is 0. The Bertz CT molecular complexity index is 609. The maximum atomic E-state index is 11.7. The molecule has 0 radical (unpaired) electrons. The number of nitrogens with one attached hydrogen (secondary N) is 2. The zero-order valence-corrected chi connectivity index (χ0v) is 11.1. The minimum atomic E-state index is -0.587. The van der Waals surface area contributed by atoms with Crippen LogP contribution in [0.4, 0.5) is 4.79 Å². The monoisotopic (exact) mass is 267 g/mol. The topological polar surface area (TPSA) is 93.2 Å². The van der Waals surface area contributed by atoms with Gasteiger partial charge in [-0.1, -0.05) is 0 Å². The Hall–Kier alpha value is -2.05. The molecular formula is C12H17N3O4. The molecule has 1 aliphatic rings. The minimum Gasteiger partial charge on any atom is -0.444 e. The van der Waals surface area contributed by atoms with Crippen LogP contribution in [0.15, 0.2) is 15.7 Å². The quantitative estimate of drug-likeness (QED) is 0.775. The summed E-state index contributed by atoms with van der Waals surface area (Å²) in [5, 5.41) is 2.67. The highest BCUT2D eigenvalue weighted by Crippen LogP contribution is 2.22.